The molecule has 2 aromatic carbocycles. The van der Waals surface area contributed by atoms with Crippen molar-refractivity contribution in [3.8, 4) is 0 Å². The van der Waals surface area contributed by atoms with Crippen LogP contribution in [0.1, 0.15) is 0 Å². The van der Waals surface area contributed by atoms with Crippen LogP contribution in [0.25, 0.3) is 0 Å². The predicted octanol–water partition coefficient (Wildman–Crippen LogP) is 3.97. The normalized spacial score (nSPS) is 15.4. The Bertz CT molecular complexity index is 861. The van der Waals surface area contributed by atoms with E-state index in [2.05, 4.69) is 12.1 Å². The molecule has 4 rings (SSSR count). The van der Waals surface area contributed by atoms with E-state index in [0.29, 0.717) is 13.1 Å². The molecule has 2 aliphatic heterocycles. The second-order valence-electron chi connectivity index (χ2n) is 6.15. The van der Waals surface area contributed by atoms with Crippen LogP contribution in [0.15, 0.2) is 49.1 Å². The number of anilines is 2. The Kier molecular flexibility index (Phi) is 6.52. The summed E-state index contributed by atoms with van der Waals surface area (Å²) in [5, 5.41) is 0. The van der Waals surface area contributed by atoms with Crippen LogP contribution in [-0.4, -0.2) is 22.9 Å². The fraction of sp³-hybridized carbons (Fsp3) is 0.100. The van der Waals surface area contributed by atoms with Crippen LogP contribution in [0, 0.1) is 48.7 Å². The van der Waals surface area contributed by atoms with Gasteiger partial charge in [-0.2, -0.15) is 25.5 Å². The molecule has 4 nitrogen and oxygen atoms in total. The molecule has 0 atom stereocenters. The number of hydrogen-bond acceptors (Lipinski definition) is 4. The van der Waals surface area contributed by atoms with Gasteiger partial charge in [0.2, 0.25) is 0 Å². The quantitative estimate of drug-likeness (QED) is 0.392. The summed E-state index contributed by atoms with van der Waals surface area (Å²) in [6.45, 7) is 4.44. The van der Waals surface area contributed by atoms with Gasteiger partial charge in [-0.3, -0.25) is 17.6 Å². The van der Waals surface area contributed by atoms with E-state index in [1.54, 1.807) is 38.1 Å². The Morgan fingerprint density at radius 2 is 1.10 bits per heavy atom. The summed E-state index contributed by atoms with van der Waals surface area (Å²) in [5.41, 5.74) is 0.252. The third-order valence-corrected chi connectivity index (χ3v) is 4.19. The Morgan fingerprint density at radius 1 is 0.690 bits per heavy atom. The van der Waals surface area contributed by atoms with E-state index in [0.717, 1.165) is 24.3 Å². The molecule has 0 bridgehead atoms. The molecule has 0 spiro atoms. The van der Waals surface area contributed by atoms with Gasteiger partial charge in [0.15, 0.2) is 0 Å². The monoisotopic (exact) mass is 581 g/mol. The molecule has 2 aliphatic rings. The van der Waals surface area contributed by atoms with Crippen LogP contribution in [0.4, 0.5) is 28.9 Å². The van der Waals surface area contributed by atoms with Gasteiger partial charge in [0.05, 0.1) is 0 Å². The second-order valence-corrected chi connectivity index (χ2v) is 6.15. The summed E-state index contributed by atoms with van der Waals surface area (Å²) in [6, 6.07) is 8.89. The zero-order valence-electron chi connectivity index (χ0n) is 14.8. The van der Waals surface area contributed by atoms with Crippen molar-refractivity contribution >= 4 is 11.4 Å². The molecule has 0 saturated heterocycles. The smallest absolute Gasteiger partial charge is 0.507 e. The summed E-state index contributed by atoms with van der Waals surface area (Å²) in [4.78, 5) is 6.66. The SMILES string of the molecule is Fc1c[c-]c(N2C=CN(CCN3C=CN(c4[c-]cc(F)cc4F)[CH-]3)[CH-]2)c(F)c1.[Pt+4]. The first-order valence-electron chi connectivity index (χ1n) is 8.38. The fourth-order valence-corrected chi connectivity index (χ4v) is 2.82. The third-order valence-electron chi connectivity index (χ3n) is 4.19. The Balaban J connectivity index is 0.00000240. The van der Waals surface area contributed by atoms with Crippen molar-refractivity contribution in [1.29, 1.82) is 0 Å². The summed E-state index contributed by atoms with van der Waals surface area (Å²) in [7, 11) is 0. The number of rotatable bonds is 5. The molecule has 0 unspecified atom stereocenters. The number of hydrogen-bond donors (Lipinski definition) is 0. The summed E-state index contributed by atoms with van der Waals surface area (Å²) >= 11 is 0. The van der Waals surface area contributed by atoms with Gasteiger partial charge in [-0.25, -0.2) is 0 Å². The second kappa shape index (κ2) is 8.91. The van der Waals surface area contributed by atoms with Crippen LogP contribution >= 0.6 is 0 Å². The predicted molar refractivity (Wildman–Crippen MR) is 95.6 cm³/mol. The topological polar surface area (TPSA) is 13.0 Å². The van der Waals surface area contributed by atoms with Crippen molar-refractivity contribution in [3.05, 3.63) is 97.8 Å². The van der Waals surface area contributed by atoms with Gasteiger partial charge in [0, 0.05) is 36.4 Å². The van der Waals surface area contributed by atoms with Crippen LogP contribution in [-0.2, 0) is 21.1 Å². The summed E-state index contributed by atoms with van der Waals surface area (Å²) < 4.78 is 53.7. The van der Waals surface area contributed by atoms with Gasteiger partial charge < -0.3 is 19.6 Å². The first-order chi connectivity index (χ1) is 13.5. The van der Waals surface area contributed by atoms with Gasteiger partial charge in [0.25, 0.3) is 0 Å². The van der Waals surface area contributed by atoms with Crippen molar-refractivity contribution in [1.82, 2.24) is 9.80 Å². The zero-order chi connectivity index (χ0) is 19.7. The van der Waals surface area contributed by atoms with Crippen LogP contribution in [0.5, 0.6) is 0 Å². The fourth-order valence-electron chi connectivity index (χ4n) is 2.82. The molecule has 0 fully saturated rings. The average Bonchev–Trinajstić information content (AvgIpc) is 3.29. The van der Waals surface area contributed by atoms with Crippen molar-refractivity contribution in [2.45, 2.75) is 0 Å². The Labute approximate surface area is 180 Å². The maximum Gasteiger partial charge on any atom is 4.00 e. The van der Waals surface area contributed by atoms with Crippen molar-refractivity contribution in [2.75, 3.05) is 22.9 Å². The van der Waals surface area contributed by atoms with Gasteiger partial charge >= 0.3 is 21.1 Å². The van der Waals surface area contributed by atoms with E-state index in [1.807, 2.05) is 9.80 Å². The van der Waals surface area contributed by atoms with Crippen molar-refractivity contribution in [2.24, 2.45) is 0 Å². The molecule has 152 valence electrons. The van der Waals surface area contributed by atoms with E-state index in [9.17, 15) is 17.6 Å². The van der Waals surface area contributed by atoms with Crippen molar-refractivity contribution in [3.63, 3.8) is 0 Å². The van der Waals surface area contributed by atoms with Crippen LogP contribution in [0.3, 0.4) is 0 Å². The van der Waals surface area contributed by atoms with E-state index in [4.69, 9.17) is 0 Å². The minimum Gasteiger partial charge on any atom is -0.507 e. The third kappa shape index (κ3) is 4.75. The van der Waals surface area contributed by atoms with Gasteiger partial charge in [-0.15, -0.1) is 24.3 Å². The van der Waals surface area contributed by atoms with E-state index in [1.165, 1.54) is 9.80 Å². The van der Waals surface area contributed by atoms with Crippen LogP contribution in [0.2, 0.25) is 0 Å². The Morgan fingerprint density at radius 3 is 1.48 bits per heavy atom. The standard InChI is InChI=1S/C20H14F4N4.Pt/c21-15-1-3-19(17(23)11-15)27-9-7-25(13-27)5-6-26-8-10-28(14-26)20-4-2-16(22)12-18(20)24;/h1-2,7-14H,5-6H2;/q-4;+4. The molecule has 0 aliphatic carbocycles. The van der Waals surface area contributed by atoms with Gasteiger partial charge in [-0.05, 0) is 24.8 Å². The average molecular weight is 581 g/mol. The molecule has 0 radical (unpaired) electrons. The number of halogens is 4. The van der Waals surface area contributed by atoms with Gasteiger partial charge in [0.1, 0.15) is 0 Å². The maximum atomic E-state index is 13.9. The van der Waals surface area contributed by atoms with Gasteiger partial charge in [-0.1, -0.05) is 11.4 Å². The van der Waals surface area contributed by atoms with E-state index >= 15 is 0 Å². The molecular formula is C20H14F4N4Pt. The summed E-state index contributed by atoms with van der Waals surface area (Å²) in [6.07, 6.45) is 6.79. The first kappa shape index (κ1) is 21.2. The number of benzene rings is 2. The molecule has 2 heterocycles. The number of nitrogens with zero attached hydrogens (tertiary/aromatic N) is 4. The van der Waals surface area contributed by atoms with E-state index in [-0.39, 0.29) is 32.4 Å². The largest absolute Gasteiger partial charge is 4.00 e. The van der Waals surface area contributed by atoms with Crippen molar-refractivity contribution < 1.29 is 38.6 Å². The molecule has 0 aromatic heterocycles. The first-order valence-corrected chi connectivity index (χ1v) is 8.38. The molecule has 2 aromatic rings. The molecule has 29 heavy (non-hydrogen) atoms. The molecule has 0 N–H and O–H groups in total. The Hall–Kier alpha value is -2.47. The minimum absolute atomic E-state index is 0. The molecule has 0 saturated carbocycles. The van der Waals surface area contributed by atoms with Crippen LogP contribution < -0.4 is 9.80 Å². The minimum atomic E-state index is -0.702. The molecule has 9 heteroatoms. The molecule has 0 amide bonds. The zero-order valence-corrected chi connectivity index (χ0v) is 17.1. The maximum absolute atomic E-state index is 13.9. The summed E-state index contributed by atoms with van der Waals surface area (Å²) in [5.74, 6) is -2.77. The molecular weight excluding hydrogens is 567 g/mol. The van der Waals surface area contributed by atoms with E-state index < -0.39 is 23.3 Å².